The fourth-order valence-electron chi connectivity index (χ4n) is 10.4. The molecule has 9 aromatic rings. The van der Waals surface area contributed by atoms with Crippen LogP contribution in [0.2, 0.25) is 20.1 Å². The van der Waals surface area contributed by atoms with Crippen LogP contribution in [0, 0.1) is 0 Å². The lowest BCUT2D eigenvalue weighted by Gasteiger charge is -2.37. The Hall–Kier alpha value is -6.05. The molecule has 0 radical (unpaired) electrons. The molecule has 0 amide bonds. The van der Waals surface area contributed by atoms with Crippen LogP contribution in [-0.2, 0) is 19.6 Å². The van der Waals surface area contributed by atoms with Gasteiger partial charge in [-0.2, -0.15) is 10.2 Å². The van der Waals surface area contributed by atoms with Gasteiger partial charge >= 0.3 is 0 Å². The highest BCUT2D eigenvalue weighted by molar-refractivity contribution is 9.10. The number of fused-ring (bicyclic) bond motifs is 3. The summed E-state index contributed by atoms with van der Waals surface area (Å²) in [5, 5.41) is 13.1. The van der Waals surface area contributed by atoms with Crippen molar-refractivity contribution in [2.45, 2.75) is 110 Å². The summed E-state index contributed by atoms with van der Waals surface area (Å²) in [5.41, 5.74) is 25.4. The maximum atomic E-state index is 6.46. The Morgan fingerprint density at radius 1 is 0.534 bits per heavy atom. The third-order valence-corrected chi connectivity index (χ3v) is 20.6. The number of halogens is 5. The van der Waals surface area contributed by atoms with E-state index in [1.54, 1.807) is 26.4 Å². The van der Waals surface area contributed by atoms with Gasteiger partial charge in [-0.05, 0) is 135 Å². The summed E-state index contributed by atoms with van der Waals surface area (Å²) in [4.78, 5) is 41.7. The van der Waals surface area contributed by atoms with Gasteiger partial charge in [-0.3, -0.25) is 4.99 Å². The summed E-state index contributed by atoms with van der Waals surface area (Å²) in [6.45, 7) is 13.3. The summed E-state index contributed by atoms with van der Waals surface area (Å²) in [7, 11) is 3.32. The van der Waals surface area contributed by atoms with Gasteiger partial charge < -0.3 is 41.4 Å². The number of hydrogen-bond donors (Lipinski definition) is 3. The van der Waals surface area contributed by atoms with Crippen molar-refractivity contribution in [3.05, 3.63) is 151 Å². The maximum absolute atomic E-state index is 6.46. The molecule has 0 unspecified atom stereocenters. The highest BCUT2D eigenvalue weighted by Crippen LogP contribution is 2.40. The van der Waals surface area contributed by atoms with Crippen LogP contribution in [0.15, 0.2) is 128 Å². The standard InChI is InChI=1S/C25H26Cl2N6OS.C19H23BrN6O.C18H19Cl2N5S/c1-25(28)10-12-32(13-11-25)20-14-29-22-23(30-20)33(15-16-6-8-17(34-2)9-7-16)31-24(22)35-19-5-3-4-18(26)21(19)27;1-19(21)7-9-25(10-8-19)15-11-22-16-17(20)24-26(18(16)23-15)12-13-3-5-14(27-2)6-4-13;1-18(21)5-7-25(8-6-18)14-10-22-16-12(24-14)9-23-17(16)26-13-4-2-3-11(19)15(13)20/h3-9,14H,10-13,15,28H2,1-2H3;3-6,11H,7-10,12,21H2,1-2H3;2-4,10H,5-9,21H2,1H3. The second-order valence-electron chi connectivity index (χ2n) is 23.3. The molecule has 19 nitrogen and oxygen atoms in total. The highest BCUT2D eigenvalue weighted by Gasteiger charge is 2.31. The number of benzene rings is 4. The molecule has 0 bridgehead atoms. The second kappa shape index (κ2) is 27.2. The topological polar surface area (TPSA) is 232 Å². The number of nitrogens with zero attached hydrogens (tertiary/aromatic N) is 14. The number of methoxy groups -OCH3 is 2. The lowest BCUT2D eigenvalue weighted by atomic mass is 9.91. The molecule has 3 fully saturated rings. The molecule has 9 heterocycles. The molecule has 0 saturated carbocycles. The predicted molar refractivity (Wildman–Crippen MR) is 360 cm³/mol. The first-order chi connectivity index (χ1) is 42.2. The Balaban J connectivity index is 0.000000138. The monoisotopic (exact) mass is 1370 g/mol. The first-order valence-corrected chi connectivity index (χ1v) is 32.8. The number of rotatable bonds is 12. The molecule has 4 aromatic carbocycles. The number of hydrogen-bond acceptors (Lipinski definition) is 19. The van der Waals surface area contributed by atoms with Crippen molar-refractivity contribution in [3.63, 3.8) is 0 Å². The number of thioether (sulfide) groups is 1. The van der Waals surface area contributed by atoms with E-state index < -0.39 is 0 Å². The van der Waals surface area contributed by atoms with E-state index in [2.05, 4.69) is 71.5 Å². The first-order valence-electron chi connectivity index (χ1n) is 28.9. The zero-order valence-electron chi connectivity index (χ0n) is 49.4. The van der Waals surface area contributed by atoms with Gasteiger partial charge in [0.05, 0.1) is 78.2 Å². The van der Waals surface area contributed by atoms with Crippen LogP contribution in [0.5, 0.6) is 11.5 Å². The number of aliphatic imine (C=N–C) groups is 1. The molecule has 0 aliphatic carbocycles. The van der Waals surface area contributed by atoms with Gasteiger partial charge in [-0.15, -0.1) is 0 Å². The van der Waals surface area contributed by atoms with Crippen molar-refractivity contribution in [2.24, 2.45) is 22.2 Å². The molecule has 5 aromatic heterocycles. The molecule has 13 rings (SSSR count). The van der Waals surface area contributed by atoms with E-state index in [1.165, 1.54) is 23.5 Å². The lowest BCUT2D eigenvalue weighted by molar-refractivity contribution is 0.362. The van der Waals surface area contributed by atoms with Gasteiger partial charge in [0.1, 0.15) is 50.7 Å². The zero-order chi connectivity index (χ0) is 61.9. The van der Waals surface area contributed by atoms with Crippen molar-refractivity contribution < 1.29 is 9.47 Å². The largest absolute Gasteiger partial charge is 0.497 e. The molecule has 26 heteroatoms. The highest BCUT2D eigenvalue weighted by atomic mass is 79.9. The average molecular weight is 1370 g/mol. The third-order valence-electron chi connectivity index (χ3n) is 16.1. The number of aromatic nitrogens is 10. The zero-order valence-corrected chi connectivity index (χ0v) is 55.7. The summed E-state index contributed by atoms with van der Waals surface area (Å²) in [6.07, 6.45) is 11.1. The van der Waals surface area contributed by atoms with Gasteiger partial charge in [0.2, 0.25) is 0 Å². The van der Waals surface area contributed by atoms with Crippen molar-refractivity contribution >= 4 is 131 Å². The summed E-state index contributed by atoms with van der Waals surface area (Å²) >= 11 is 31.5. The van der Waals surface area contributed by atoms with Gasteiger partial charge in [0.15, 0.2) is 20.9 Å². The Morgan fingerprint density at radius 2 is 0.955 bits per heavy atom. The van der Waals surface area contributed by atoms with E-state index in [4.69, 9.17) is 98.1 Å². The number of piperidine rings is 3. The molecule has 460 valence electrons. The van der Waals surface area contributed by atoms with Gasteiger partial charge in [0.25, 0.3) is 0 Å². The fourth-order valence-corrected chi connectivity index (χ4v) is 13.7. The van der Waals surface area contributed by atoms with E-state index in [0.717, 1.165) is 171 Å². The summed E-state index contributed by atoms with van der Waals surface area (Å²) in [6, 6.07) is 27.0. The molecule has 3 saturated heterocycles. The van der Waals surface area contributed by atoms with Crippen LogP contribution in [0.3, 0.4) is 0 Å². The molecule has 4 aliphatic rings. The summed E-state index contributed by atoms with van der Waals surface area (Å²) < 4.78 is 15.0. The van der Waals surface area contributed by atoms with Crippen LogP contribution in [-0.4, -0.2) is 125 Å². The van der Waals surface area contributed by atoms with E-state index in [9.17, 15) is 0 Å². The molecule has 6 N–H and O–H groups in total. The summed E-state index contributed by atoms with van der Waals surface area (Å²) in [5.74, 6) is 4.26. The lowest BCUT2D eigenvalue weighted by Crippen LogP contribution is -2.48. The van der Waals surface area contributed by atoms with Crippen molar-refractivity contribution in [1.29, 1.82) is 0 Å². The number of nitrogens with two attached hydrogens (primary N) is 3. The molecule has 4 aliphatic heterocycles. The Kier molecular flexibility index (Phi) is 19.6. The Labute approximate surface area is 548 Å². The average Bonchev–Trinajstić information content (AvgIpc) is 2.65. The maximum Gasteiger partial charge on any atom is 0.180 e. The number of anilines is 3. The van der Waals surface area contributed by atoms with Crippen molar-refractivity contribution in [3.8, 4) is 11.5 Å². The minimum Gasteiger partial charge on any atom is -0.497 e. The van der Waals surface area contributed by atoms with Crippen LogP contribution in [0.1, 0.15) is 81.8 Å². The Bertz CT molecular complexity index is 3970. The smallest absolute Gasteiger partial charge is 0.180 e. The van der Waals surface area contributed by atoms with Crippen molar-refractivity contribution in [1.82, 2.24) is 49.5 Å². The minimum absolute atomic E-state index is 0.0796. The van der Waals surface area contributed by atoms with Gasteiger partial charge in [0, 0.05) is 65.7 Å². The van der Waals surface area contributed by atoms with Crippen LogP contribution in [0.4, 0.5) is 17.5 Å². The molecule has 0 atom stereocenters. The van der Waals surface area contributed by atoms with Gasteiger partial charge in [-0.25, -0.2) is 39.3 Å². The predicted octanol–water partition coefficient (Wildman–Crippen LogP) is 12.8. The third kappa shape index (κ3) is 15.1. The fraction of sp³-hybridized carbons (Fsp3) is 0.371. The van der Waals surface area contributed by atoms with Crippen LogP contribution in [0.25, 0.3) is 22.3 Å². The molecule has 88 heavy (non-hydrogen) atoms. The normalized spacial score (nSPS) is 16.8. The molecular formula is C62H68BrCl4N17O2S2. The Morgan fingerprint density at radius 3 is 1.43 bits per heavy atom. The van der Waals surface area contributed by atoms with E-state index in [0.29, 0.717) is 44.3 Å². The van der Waals surface area contributed by atoms with Crippen LogP contribution >= 0.6 is 85.9 Å². The molecule has 0 spiro atoms. The quantitative estimate of drug-likeness (QED) is 0.103. The van der Waals surface area contributed by atoms with E-state index >= 15 is 0 Å². The van der Waals surface area contributed by atoms with Crippen LogP contribution < -0.4 is 41.4 Å². The second-order valence-corrected chi connectivity index (χ2v) is 27.7. The van der Waals surface area contributed by atoms with Gasteiger partial charge in [-0.1, -0.05) is 106 Å². The first kappa shape index (κ1) is 63.5. The number of ether oxygens (including phenoxy) is 2. The van der Waals surface area contributed by atoms with Crippen molar-refractivity contribution in [2.75, 3.05) is 68.2 Å². The van der Waals surface area contributed by atoms with E-state index in [-0.39, 0.29) is 16.6 Å². The minimum atomic E-state index is -0.135. The van der Waals surface area contributed by atoms with E-state index in [1.807, 2.05) is 101 Å². The SMILES string of the molecule is CC1(N)CCN(c2cnc3c(n2)CN=C3Sc2cccc(Cl)c2Cl)CC1.COc1ccc(Cn2nc(Br)c3ncc(N4CCC(C)(N)CC4)nc32)cc1.COc1ccc(Cn2nc(Sc3cccc(Cl)c3Cl)c3ncc(N4CCC(C)(N)CC4)nc32)cc1. The molecular weight excluding hydrogens is 1300 g/mol.